The Morgan fingerprint density at radius 3 is 2.65 bits per heavy atom. The molecule has 2 fully saturated rings. The van der Waals surface area contributed by atoms with E-state index >= 15 is 0 Å². The summed E-state index contributed by atoms with van der Waals surface area (Å²) in [5, 5.41) is 7.94. The predicted molar refractivity (Wildman–Crippen MR) is 125 cm³/mol. The molecule has 1 amide bonds. The number of nitrogens with zero attached hydrogens (tertiary/aromatic N) is 1. The van der Waals surface area contributed by atoms with Crippen LogP contribution < -0.4 is 10.6 Å². The number of amides is 1. The van der Waals surface area contributed by atoms with Gasteiger partial charge in [-0.05, 0) is 68.7 Å². The molecule has 7 heteroatoms. The second kappa shape index (κ2) is 9.95. The molecular weight excluding hydrogens is 433 g/mol. The van der Waals surface area contributed by atoms with Crippen molar-refractivity contribution in [2.45, 2.75) is 50.6 Å². The molecule has 1 saturated carbocycles. The third kappa shape index (κ3) is 5.46. The standard InChI is InChI=1S/C24H31Cl2N3O2/c1-24(28-23(30)21-6-3-15-31-21)9-7-17(8-10-24)16-20(29-13-11-27-12-14-29)18-4-2-5-19(25)22(18)26/h2-6,15,17,20,27H,7-14,16H2,1H3,(H,28,30). The number of hydrogen-bond donors (Lipinski definition) is 2. The van der Waals surface area contributed by atoms with E-state index in [9.17, 15) is 4.79 Å². The van der Waals surface area contributed by atoms with Crippen LogP contribution in [0.5, 0.6) is 0 Å². The topological polar surface area (TPSA) is 57.5 Å². The molecule has 1 aliphatic carbocycles. The summed E-state index contributed by atoms with van der Waals surface area (Å²) in [6.07, 6.45) is 6.67. The minimum atomic E-state index is -0.196. The van der Waals surface area contributed by atoms with E-state index in [-0.39, 0.29) is 17.5 Å². The van der Waals surface area contributed by atoms with Gasteiger partial charge in [-0.1, -0.05) is 35.3 Å². The van der Waals surface area contributed by atoms with Gasteiger partial charge in [0.1, 0.15) is 0 Å². The van der Waals surface area contributed by atoms with Gasteiger partial charge in [-0.15, -0.1) is 0 Å². The van der Waals surface area contributed by atoms with E-state index in [0.717, 1.165) is 63.8 Å². The molecule has 1 saturated heterocycles. The molecule has 1 atom stereocenters. The van der Waals surface area contributed by atoms with E-state index in [1.54, 1.807) is 12.1 Å². The van der Waals surface area contributed by atoms with Crippen LogP contribution in [0.2, 0.25) is 10.0 Å². The maximum absolute atomic E-state index is 12.5. The highest BCUT2D eigenvalue weighted by Crippen LogP contribution is 2.41. The number of carbonyl (C=O) groups is 1. The Balaban J connectivity index is 1.42. The molecule has 2 heterocycles. The van der Waals surface area contributed by atoms with Crippen molar-refractivity contribution >= 4 is 29.1 Å². The van der Waals surface area contributed by atoms with E-state index in [0.29, 0.717) is 21.7 Å². The van der Waals surface area contributed by atoms with Crippen molar-refractivity contribution in [2.24, 2.45) is 5.92 Å². The highest BCUT2D eigenvalue weighted by molar-refractivity contribution is 6.42. The SMILES string of the molecule is CC1(NC(=O)c2ccco2)CCC(CC(c2cccc(Cl)c2Cl)N2CCNCC2)CC1. The molecule has 4 rings (SSSR count). The number of nitrogens with one attached hydrogen (secondary N) is 2. The number of carbonyl (C=O) groups excluding carboxylic acids is 1. The molecule has 168 valence electrons. The van der Waals surface area contributed by atoms with Gasteiger partial charge in [0.2, 0.25) is 0 Å². The lowest BCUT2D eigenvalue weighted by atomic mass is 9.74. The molecule has 0 radical (unpaired) electrons. The third-order valence-electron chi connectivity index (χ3n) is 6.86. The lowest BCUT2D eigenvalue weighted by Crippen LogP contribution is -2.49. The molecule has 1 unspecified atom stereocenters. The number of hydrogen-bond acceptors (Lipinski definition) is 4. The maximum atomic E-state index is 12.5. The zero-order valence-electron chi connectivity index (χ0n) is 18.0. The molecular formula is C24H31Cl2N3O2. The Bertz CT molecular complexity index is 873. The summed E-state index contributed by atoms with van der Waals surface area (Å²) in [4.78, 5) is 15.0. The number of rotatable bonds is 6. The fourth-order valence-corrected chi connectivity index (χ4v) is 5.41. The summed E-state index contributed by atoms with van der Waals surface area (Å²) in [5.41, 5.74) is 0.939. The first kappa shape index (κ1) is 22.7. The molecule has 5 nitrogen and oxygen atoms in total. The number of halogens is 2. The van der Waals surface area contributed by atoms with Gasteiger partial charge in [0.05, 0.1) is 16.3 Å². The molecule has 2 N–H and O–H groups in total. The summed E-state index contributed by atoms with van der Waals surface area (Å²) < 4.78 is 5.25. The van der Waals surface area contributed by atoms with Gasteiger partial charge in [-0.3, -0.25) is 9.69 Å². The van der Waals surface area contributed by atoms with Gasteiger partial charge in [-0.2, -0.15) is 0 Å². The van der Waals surface area contributed by atoms with Crippen LogP contribution in [0, 0.1) is 5.92 Å². The second-order valence-electron chi connectivity index (χ2n) is 9.12. The minimum Gasteiger partial charge on any atom is -0.459 e. The van der Waals surface area contributed by atoms with Gasteiger partial charge < -0.3 is 15.1 Å². The van der Waals surface area contributed by atoms with Crippen LogP contribution in [-0.2, 0) is 0 Å². The zero-order valence-corrected chi connectivity index (χ0v) is 19.5. The van der Waals surface area contributed by atoms with Crippen LogP contribution >= 0.6 is 23.2 Å². The van der Waals surface area contributed by atoms with Crippen LogP contribution in [0.4, 0.5) is 0 Å². The van der Waals surface area contributed by atoms with Crippen molar-refractivity contribution in [1.82, 2.24) is 15.5 Å². The lowest BCUT2D eigenvalue weighted by Gasteiger charge is -2.41. The normalized spacial score (nSPS) is 25.8. The van der Waals surface area contributed by atoms with Crippen LogP contribution in [0.25, 0.3) is 0 Å². The van der Waals surface area contributed by atoms with Crippen LogP contribution in [0.15, 0.2) is 41.0 Å². The minimum absolute atomic E-state index is 0.129. The first-order valence-electron chi connectivity index (χ1n) is 11.2. The average molecular weight is 464 g/mol. The molecule has 2 aromatic rings. The van der Waals surface area contributed by atoms with Crippen molar-refractivity contribution in [2.75, 3.05) is 26.2 Å². The summed E-state index contributed by atoms with van der Waals surface area (Å²) >= 11 is 13.0. The van der Waals surface area contributed by atoms with Crippen LogP contribution in [0.3, 0.4) is 0 Å². The fourth-order valence-electron chi connectivity index (χ4n) is 4.98. The molecule has 2 aliphatic rings. The van der Waals surface area contributed by atoms with Crippen molar-refractivity contribution in [3.63, 3.8) is 0 Å². The average Bonchev–Trinajstić information content (AvgIpc) is 3.31. The zero-order chi connectivity index (χ0) is 21.8. The van der Waals surface area contributed by atoms with Crippen LogP contribution in [0.1, 0.15) is 61.2 Å². The highest BCUT2D eigenvalue weighted by atomic mass is 35.5. The number of furan rings is 1. The Kier molecular flexibility index (Phi) is 7.27. The summed E-state index contributed by atoms with van der Waals surface area (Å²) in [7, 11) is 0. The Hall–Kier alpha value is -1.53. The van der Waals surface area contributed by atoms with Crippen molar-refractivity contribution < 1.29 is 9.21 Å². The van der Waals surface area contributed by atoms with Gasteiger partial charge in [-0.25, -0.2) is 0 Å². The fraction of sp³-hybridized carbons (Fsp3) is 0.542. The Labute approximate surface area is 194 Å². The molecule has 0 bridgehead atoms. The number of benzene rings is 1. The van der Waals surface area contributed by atoms with Gasteiger partial charge in [0.25, 0.3) is 5.91 Å². The highest BCUT2D eigenvalue weighted by Gasteiger charge is 2.35. The first-order chi connectivity index (χ1) is 15.0. The molecule has 1 aromatic carbocycles. The molecule has 1 aromatic heterocycles. The van der Waals surface area contributed by atoms with Crippen LogP contribution in [-0.4, -0.2) is 42.5 Å². The van der Waals surface area contributed by atoms with Gasteiger partial charge in [0, 0.05) is 37.8 Å². The monoisotopic (exact) mass is 463 g/mol. The van der Waals surface area contributed by atoms with Gasteiger partial charge >= 0.3 is 0 Å². The third-order valence-corrected chi connectivity index (χ3v) is 7.69. The molecule has 1 aliphatic heterocycles. The van der Waals surface area contributed by atoms with E-state index in [1.807, 2.05) is 12.1 Å². The Morgan fingerprint density at radius 2 is 1.97 bits per heavy atom. The number of piperazine rings is 1. The largest absolute Gasteiger partial charge is 0.459 e. The lowest BCUT2D eigenvalue weighted by molar-refractivity contribution is 0.0815. The van der Waals surface area contributed by atoms with E-state index in [2.05, 4.69) is 28.5 Å². The second-order valence-corrected chi connectivity index (χ2v) is 9.90. The Morgan fingerprint density at radius 1 is 1.23 bits per heavy atom. The first-order valence-corrected chi connectivity index (χ1v) is 12.0. The quantitative estimate of drug-likeness (QED) is 0.609. The maximum Gasteiger partial charge on any atom is 0.287 e. The summed E-state index contributed by atoms with van der Waals surface area (Å²) in [5.74, 6) is 0.830. The smallest absolute Gasteiger partial charge is 0.287 e. The summed E-state index contributed by atoms with van der Waals surface area (Å²) in [6, 6.07) is 9.69. The van der Waals surface area contributed by atoms with Crippen molar-refractivity contribution in [3.8, 4) is 0 Å². The summed E-state index contributed by atoms with van der Waals surface area (Å²) in [6.45, 7) is 6.16. The molecule has 0 spiro atoms. The van der Waals surface area contributed by atoms with E-state index < -0.39 is 0 Å². The predicted octanol–water partition coefficient (Wildman–Crippen LogP) is 5.30. The van der Waals surface area contributed by atoms with Crippen molar-refractivity contribution in [1.29, 1.82) is 0 Å². The van der Waals surface area contributed by atoms with Gasteiger partial charge in [0.15, 0.2) is 5.76 Å². The van der Waals surface area contributed by atoms with E-state index in [1.165, 1.54) is 6.26 Å². The van der Waals surface area contributed by atoms with E-state index in [4.69, 9.17) is 27.6 Å². The van der Waals surface area contributed by atoms with Crippen molar-refractivity contribution in [3.05, 3.63) is 58.0 Å². The molecule has 31 heavy (non-hydrogen) atoms.